The van der Waals surface area contributed by atoms with Crippen LogP contribution in [-0.4, -0.2) is 11.5 Å². The fraction of sp³-hybridized carbons (Fsp3) is 0.143. The normalized spacial score (nSPS) is 13.4. The molecule has 0 saturated heterocycles. The van der Waals surface area contributed by atoms with Gasteiger partial charge < -0.3 is 15.7 Å². The van der Waals surface area contributed by atoms with E-state index < -0.39 is 6.35 Å². The fourth-order valence-corrected chi connectivity index (χ4v) is 1.37. The molecule has 0 amide bonds. The lowest BCUT2D eigenvalue weighted by atomic mass is 10.1. The summed E-state index contributed by atoms with van der Waals surface area (Å²) in [4.78, 5) is 0. The first kappa shape index (κ1) is 13.1. The average molecular weight is 230 g/mol. The Hall–Kier alpha value is -2.00. The van der Waals surface area contributed by atoms with Crippen LogP contribution in [0.5, 0.6) is 0 Å². The molecule has 1 atom stereocenters. The molecule has 0 fully saturated rings. The Bertz CT molecular complexity index is 396. The molecule has 0 spiro atoms. The Balaban J connectivity index is 2.79. The van der Waals surface area contributed by atoms with Crippen LogP contribution in [0, 0.1) is 0 Å². The molecule has 0 aliphatic rings. The number of aliphatic hydroxyl groups is 1. The lowest BCUT2D eigenvalue weighted by Crippen LogP contribution is -2.35. The maximum absolute atomic E-state index is 9.45. The van der Waals surface area contributed by atoms with E-state index in [0.717, 1.165) is 11.1 Å². The predicted molar refractivity (Wildman–Crippen MR) is 71.7 cm³/mol. The summed E-state index contributed by atoms with van der Waals surface area (Å²) in [5.41, 5.74) is 2.09. The van der Waals surface area contributed by atoms with Crippen LogP contribution < -0.4 is 10.6 Å². The van der Waals surface area contributed by atoms with Crippen LogP contribution in [0.2, 0.25) is 0 Å². The number of allylic oxidation sites excluding steroid dienone is 3. The first-order valence-corrected chi connectivity index (χ1v) is 5.47. The smallest absolute Gasteiger partial charge is 0.201 e. The zero-order valence-corrected chi connectivity index (χ0v) is 9.93. The first-order chi connectivity index (χ1) is 8.27. The third kappa shape index (κ3) is 4.57. The van der Waals surface area contributed by atoms with Gasteiger partial charge in [0.15, 0.2) is 0 Å². The second kappa shape index (κ2) is 7.30. The Labute approximate surface area is 102 Å². The molecule has 1 aromatic rings. The standard InChI is InChI=1S/C14H18N2O/c1-3-8-13(11-16-14(17)15-4-2)12-9-6-5-7-10-12/h3-11,14-17H,2H2,1H3/b8-3+,13-11-. The van der Waals surface area contributed by atoms with E-state index in [-0.39, 0.29) is 0 Å². The summed E-state index contributed by atoms with van der Waals surface area (Å²) in [6.45, 7) is 5.43. The van der Waals surface area contributed by atoms with Crippen molar-refractivity contribution in [1.29, 1.82) is 0 Å². The number of aliphatic hydroxyl groups excluding tert-OH is 1. The molecular weight excluding hydrogens is 212 g/mol. The highest BCUT2D eigenvalue weighted by Gasteiger charge is 1.98. The number of nitrogens with one attached hydrogen (secondary N) is 2. The quantitative estimate of drug-likeness (QED) is 0.518. The van der Waals surface area contributed by atoms with Crippen molar-refractivity contribution in [2.75, 3.05) is 0 Å². The van der Waals surface area contributed by atoms with Crippen molar-refractivity contribution in [2.24, 2.45) is 0 Å². The molecule has 1 rings (SSSR count). The summed E-state index contributed by atoms with van der Waals surface area (Å²) in [5, 5.41) is 14.9. The van der Waals surface area contributed by atoms with Gasteiger partial charge in [-0.3, -0.25) is 0 Å². The number of benzene rings is 1. The van der Waals surface area contributed by atoms with Crippen molar-refractivity contribution in [3.05, 3.63) is 67.0 Å². The average Bonchev–Trinajstić information content (AvgIpc) is 2.36. The van der Waals surface area contributed by atoms with Crippen molar-refractivity contribution in [3.8, 4) is 0 Å². The summed E-state index contributed by atoms with van der Waals surface area (Å²) in [6.07, 6.45) is 6.29. The zero-order valence-electron chi connectivity index (χ0n) is 9.93. The first-order valence-electron chi connectivity index (χ1n) is 5.47. The largest absolute Gasteiger partial charge is 0.357 e. The zero-order chi connectivity index (χ0) is 12.5. The Morgan fingerprint density at radius 2 is 2.00 bits per heavy atom. The van der Waals surface area contributed by atoms with Gasteiger partial charge in [-0.2, -0.15) is 0 Å². The minimum absolute atomic E-state index is 0.837. The van der Waals surface area contributed by atoms with Crippen LogP contribution in [0.25, 0.3) is 5.57 Å². The molecule has 0 bridgehead atoms. The third-order valence-electron chi connectivity index (χ3n) is 2.13. The molecule has 0 aliphatic heterocycles. The van der Waals surface area contributed by atoms with Crippen LogP contribution in [0.15, 0.2) is 61.5 Å². The Morgan fingerprint density at radius 1 is 1.29 bits per heavy atom. The molecule has 3 heteroatoms. The van der Waals surface area contributed by atoms with E-state index >= 15 is 0 Å². The highest BCUT2D eigenvalue weighted by molar-refractivity contribution is 5.73. The number of hydrogen-bond acceptors (Lipinski definition) is 3. The SMILES string of the molecule is C=CNC(O)N/C=C(/C=C/C)c1ccccc1. The van der Waals surface area contributed by atoms with Gasteiger partial charge in [0.05, 0.1) is 0 Å². The molecule has 0 saturated carbocycles. The second-order valence-electron chi connectivity index (χ2n) is 3.41. The van der Waals surface area contributed by atoms with Crippen LogP contribution in [0.3, 0.4) is 0 Å². The van der Waals surface area contributed by atoms with Gasteiger partial charge in [-0.1, -0.05) is 49.1 Å². The summed E-state index contributed by atoms with van der Waals surface area (Å²) in [6, 6.07) is 9.95. The van der Waals surface area contributed by atoms with Gasteiger partial charge >= 0.3 is 0 Å². The Morgan fingerprint density at radius 3 is 2.59 bits per heavy atom. The van der Waals surface area contributed by atoms with Gasteiger partial charge in [-0.25, -0.2) is 0 Å². The molecule has 0 aliphatic carbocycles. The number of hydrogen-bond donors (Lipinski definition) is 3. The van der Waals surface area contributed by atoms with Crippen LogP contribution in [0.4, 0.5) is 0 Å². The van der Waals surface area contributed by atoms with E-state index in [1.54, 1.807) is 6.20 Å². The molecule has 17 heavy (non-hydrogen) atoms. The molecule has 3 N–H and O–H groups in total. The molecule has 1 unspecified atom stereocenters. The third-order valence-corrected chi connectivity index (χ3v) is 2.13. The van der Waals surface area contributed by atoms with Crippen molar-refractivity contribution < 1.29 is 5.11 Å². The lowest BCUT2D eigenvalue weighted by molar-refractivity contribution is 0.133. The van der Waals surface area contributed by atoms with E-state index in [2.05, 4.69) is 17.2 Å². The van der Waals surface area contributed by atoms with Crippen LogP contribution >= 0.6 is 0 Å². The summed E-state index contributed by atoms with van der Waals surface area (Å²) in [7, 11) is 0. The molecule has 0 aromatic heterocycles. The van der Waals surface area contributed by atoms with E-state index in [1.165, 1.54) is 6.20 Å². The maximum atomic E-state index is 9.45. The monoisotopic (exact) mass is 230 g/mol. The topological polar surface area (TPSA) is 44.3 Å². The van der Waals surface area contributed by atoms with E-state index in [9.17, 15) is 5.11 Å². The van der Waals surface area contributed by atoms with Gasteiger partial charge in [-0.05, 0) is 24.3 Å². The van der Waals surface area contributed by atoms with Crippen molar-refractivity contribution in [1.82, 2.24) is 10.6 Å². The van der Waals surface area contributed by atoms with Crippen LogP contribution in [0.1, 0.15) is 12.5 Å². The van der Waals surface area contributed by atoms with Gasteiger partial charge in [0.2, 0.25) is 6.35 Å². The maximum Gasteiger partial charge on any atom is 0.201 e. The molecule has 3 nitrogen and oxygen atoms in total. The van der Waals surface area contributed by atoms with Crippen molar-refractivity contribution in [3.63, 3.8) is 0 Å². The molecular formula is C14H18N2O. The second-order valence-corrected chi connectivity index (χ2v) is 3.41. The van der Waals surface area contributed by atoms with Gasteiger partial charge in [0, 0.05) is 6.20 Å². The minimum Gasteiger partial charge on any atom is -0.357 e. The summed E-state index contributed by atoms with van der Waals surface area (Å²) in [5.74, 6) is 0. The highest BCUT2D eigenvalue weighted by Crippen LogP contribution is 2.14. The van der Waals surface area contributed by atoms with E-state index in [0.29, 0.717) is 0 Å². The fourth-order valence-electron chi connectivity index (χ4n) is 1.37. The predicted octanol–water partition coefficient (Wildman–Crippen LogP) is 2.20. The van der Waals surface area contributed by atoms with E-state index in [4.69, 9.17) is 0 Å². The van der Waals surface area contributed by atoms with Crippen LogP contribution in [-0.2, 0) is 0 Å². The van der Waals surface area contributed by atoms with Crippen molar-refractivity contribution in [2.45, 2.75) is 13.3 Å². The Kier molecular flexibility index (Phi) is 5.61. The minimum atomic E-state index is -0.837. The van der Waals surface area contributed by atoms with E-state index in [1.807, 2.05) is 49.4 Å². The van der Waals surface area contributed by atoms with Gasteiger partial charge in [0.25, 0.3) is 0 Å². The molecule has 0 radical (unpaired) electrons. The van der Waals surface area contributed by atoms with Gasteiger partial charge in [0.1, 0.15) is 0 Å². The highest BCUT2D eigenvalue weighted by atomic mass is 16.3. The molecule has 0 heterocycles. The van der Waals surface area contributed by atoms with Crippen molar-refractivity contribution >= 4 is 5.57 Å². The molecule has 1 aromatic carbocycles. The number of rotatable bonds is 6. The summed E-state index contributed by atoms with van der Waals surface area (Å²) < 4.78 is 0. The molecule has 90 valence electrons. The van der Waals surface area contributed by atoms with Gasteiger partial charge in [-0.15, -0.1) is 0 Å². The lowest BCUT2D eigenvalue weighted by Gasteiger charge is -2.11. The summed E-state index contributed by atoms with van der Waals surface area (Å²) >= 11 is 0.